The van der Waals surface area contributed by atoms with E-state index in [1.54, 1.807) is 0 Å². The molecule has 0 heterocycles. The summed E-state index contributed by atoms with van der Waals surface area (Å²) in [7, 11) is 28.2. The molecule has 0 aliphatic rings. The summed E-state index contributed by atoms with van der Waals surface area (Å²) in [5.74, 6) is -4.65. The summed E-state index contributed by atoms with van der Waals surface area (Å²) < 4.78 is 35.1. The van der Waals surface area contributed by atoms with Crippen LogP contribution < -0.4 is 0 Å². The fourth-order valence-electron chi connectivity index (χ4n) is 4.59. The van der Waals surface area contributed by atoms with Crippen molar-refractivity contribution in [2.45, 2.75) is 0 Å². The summed E-state index contributed by atoms with van der Waals surface area (Å²) in [4.78, 5) is 0. The van der Waals surface area contributed by atoms with E-state index in [4.69, 9.17) is 36.0 Å². The van der Waals surface area contributed by atoms with E-state index in [0.29, 0.717) is 0 Å². The maximum atomic E-state index is 7.78. The van der Waals surface area contributed by atoms with Crippen LogP contribution in [-0.4, -0.2) is 169 Å². The van der Waals surface area contributed by atoms with Crippen molar-refractivity contribution in [3.8, 4) is 0 Å². The molecule has 18 heteroatoms. The first kappa shape index (κ1) is 37.3. The van der Waals surface area contributed by atoms with E-state index in [1.165, 1.54) is 0 Å². The van der Waals surface area contributed by atoms with Crippen LogP contribution in [0.4, 0.5) is 0 Å². The molecule has 0 aromatic rings. The zero-order chi connectivity index (χ0) is 29.3. The van der Waals surface area contributed by atoms with Crippen LogP contribution in [0.25, 0.3) is 0 Å². The number of halogens is 2. The van der Waals surface area contributed by atoms with Crippen LogP contribution >= 0.6 is 50.8 Å². The molecule has 36 heavy (non-hydrogen) atoms. The van der Waals surface area contributed by atoms with Gasteiger partial charge in [0.15, 0.2) is 0 Å². The van der Waals surface area contributed by atoms with Crippen LogP contribution in [0.3, 0.4) is 0 Å². The van der Waals surface area contributed by atoms with Gasteiger partial charge < -0.3 is 0 Å². The van der Waals surface area contributed by atoms with Gasteiger partial charge in [-0.15, -0.1) is 0 Å². The van der Waals surface area contributed by atoms with Crippen LogP contribution in [0, 0.1) is 0 Å². The van der Waals surface area contributed by atoms with Gasteiger partial charge in [-0.2, -0.15) is 0 Å². The number of rotatable bonds is 12. The molecule has 12 nitrogen and oxygen atoms in total. The van der Waals surface area contributed by atoms with Crippen molar-refractivity contribution in [3.05, 3.63) is 0 Å². The average Bonchev–Trinajstić information content (AvgIpc) is 2.66. The molecule has 0 unspecified atom stereocenters. The van der Waals surface area contributed by atoms with Crippen molar-refractivity contribution < 1.29 is 0 Å². The number of hydrogen-bond donors (Lipinski definition) is 0. The molecular formula is C18H54Cl2N12P4. The number of nitrogens with zero attached hydrogens (tertiary/aromatic N) is 12. The molecule has 0 N–H and O–H groups in total. The molecule has 0 saturated carbocycles. The fraction of sp³-hybridized carbons (Fsp3) is 1.00. The van der Waals surface area contributed by atoms with Crippen LogP contribution in [0.2, 0.25) is 0 Å². The molecule has 0 aliphatic heterocycles. The van der Waals surface area contributed by atoms with E-state index in [1.807, 2.05) is 127 Å². The third kappa shape index (κ3) is 7.15. The third-order valence-electron chi connectivity index (χ3n) is 5.63. The van der Waals surface area contributed by atoms with Gasteiger partial charge >= 0.3 is 233 Å². The van der Waals surface area contributed by atoms with E-state index in [9.17, 15) is 0 Å². The Balaban J connectivity index is 8.86. The molecule has 0 spiro atoms. The van der Waals surface area contributed by atoms with Gasteiger partial charge in [0.05, 0.1) is 0 Å². The van der Waals surface area contributed by atoms with E-state index in [-0.39, 0.29) is 0 Å². The van der Waals surface area contributed by atoms with Gasteiger partial charge in [-0.1, -0.05) is 0 Å². The van der Waals surface area contributed by atoms with E-state index >= 15 is 0 Å². The monoisotopic (exact) mass is 632 g/mol. The Kier molecular flexibility index (Phi) is 13.4. The Morgan fingerprint density at radius 2 is 0.444 bits per heavy atom. The molecule has 0 aliphatic carbocycles. The molecule has 0 aromatic carbocycles. The Labute approximate surface area is 232 Å². The van der Waals surface area contributed by atoms with Crippen molar-refractivity contribution >= 4 is 50.8 Å². The first-order valence-corrected chi connectivity index (χ1v) is 20.1. The molecule has 0 atom stereocenters. The van der Waals surface area contributed by atoms with Gasteiger partial charge in [0.2, 0.25) is 0 Å². The average molecular weight is 634 g/mol. The molecule has 0 amide bonds. The van der Waals surface area contributed by atoms with E-state index < -0.39 is 28.3 Å². The maximum absolute atomic E-state index is 7.78. The first-order valence-electron chi connectivity index (χ1n) is 11.4. The molecule has 0 fully saturated rings. The summed E-state index contributed by atoms with van der Waals surface area (Å²) in [6.45, 7) is 0. The van der Waals surface area contributed by atoms with E-state index in [0.717, 1.165) is 0 Å². The molecule has 0 bridgehead atoms. The predicted octanol–water partition coefficient (Wildman–Crippen LogP) is 5.49. The van der Waals surface area contributed by atoms with Crippen molar-refractivity contribution in [1.82, 2.24) is 42.0 Å². The zero-order valence-electron chi connectivity index (χ0n) is 25.9. The Morgan fingerprint density at radius 1 is 0.333 bits per heavy atom. The van der Waals surface area contributed by atoms with Gasteiger partial charge in [-0.3, -0.25) is 0 Å². The zero-order valence-corrected chi connectivity index (χ0v) is 31.0. The minimum atomic E-state index is -4.65. The van der Waals surface area contributed by atoms with Gasteiger partial charge in [0.1, 0.15) is 0 Å². The third-order valence-corrected chi connectivity index (χ3v) is 25.4. The van der Waals surface area contributed by atoms with Crippen molar-refractivity contribution in [2.24, 2.45) is 13.5 Å². The molecule has 0 aromatic heterocycles. The van der Waals surface area contributed by atoms with Crippen LogP contribution in [-0.2, 0) is 0 Å². The molecule has 0 rings (SSSR count). The summed E-state index contributed by atoms with van der Waals surface area (Å²) in [6.07, 6.45) is 0. The van der Waals surface area contributed by atoms with Crippen molar-refractivity contribution in [2.75, 3.05) is 127 Å². The first-order chi connectivity index (χ1) is 15.9. The summed E-state index contributed by atoms with van der Waals surface area (Å²) in [5, 5.41) is 0. The molecule has 0 saturated heterocycles. The summed E-state index contributed by atoms with van der Waals surface area (Å²) >= 11 is 15.6. The van der Waals surface area contributed by atoms with Gasteiger partial charge in [0, 0.05) is 0 Å². The van der Waals surface area contributed by atoms with Crippen molar-refractivity contribution in [1.29, 1.82) is 0 Å². The van der Waals surface area contributed by atoms with Crippen LogP contribution in [0.5, 0.6) is 0 Å². The van der Waals surface area contributed by atoms with Crippen molar-refractivity contribution in [3.63, 3.8) is 0 Å². The minimum absolute atomic E-state index is 2.00. The second-order valence-corrected chi connectivity index (χ2v) is 28.7. The van der Waals surface area contributed by atoms with Gasteiger partial charge in [-0.25, -0.2) is 0 Å². The second kappa shape index (κ2) is 12.9. The Bertz CT molecular complexity index is 714. The Hall–Kier alpha value is 1.34. The van der Waals surface area contributed by atoms with E-state index in [2.05, 4.69) is 42.0 Å². The summed E-state index contributed by atoms with van der Waals surface area (Å²) in [6, 6.07) is 0. The second-order valence-electron chi connectivity index (χ2n) is 10.3. The fourth-order valence-corrected chi connectivity index (χ4v) is 27.8. The van der Waals surface area contributed by atoms with Crippen LogP contribution in [0.15, 0.2) is 13.5 Å². The molecule has 220 valence electrons. The summed E-state index contributed by atoms with van der Waals surface area (Å²) in [5.41, 5.74) is 0. The normalized spacial score (nSPS) is 15.9. The Morgan fingerprint density at radius 3 is 0.528 bits per heavy atom. The van der Waals surface area contributed by atoms with Gasteiger partial charge in [-0.05, 0) is 0 Å². The standard InChI is InChI=1S/C18H54Cl2N12P4/c1-24(2)33(25(3)4,26(5)6)21-36(19,20,22-34(27(7)8,28(9)10)29(11)12)23-35(30(13)14,31(15)16)32(17)18/h1-18H3. The SMILES string of the molecule is CN(C)P(=NP(Cl)(Cl)(N=P(N(C)C)(N(C)C)N(C)C)N=P(N(C)C)(N(C)C)N(C)C)(N(C)C)N(C)C. The quantitative estimate of drug-likeness (QED) is 0.260. The topological polar surface area (TPSA) is 66.2 Å². The molecular weight excluding hydrogens is 579 g/mol. The number of hydrogen-bond acceptors (Lipinski definition) is 3. The van der Waals surface area contributed by atoms with Crippen LogP contribution in [0.1, 0.15) is 0 Å². The van der Waals surface area contributed by atoms with Gasteiger partial charge in [0.25, 0.3) is 0 Å². The molecule has 0 radical (unpaired) electrons. The predicted molar refractivity (Wildman–Crippen MR) is 170 cm³/mol.